The summed E-state index contributed by atoms with van der Waals surface area (Å²) in [5.41, 5.74) is -0.137. The summed E-state index contributed by atoms with van der Waals surface area (Å²) < 4.78 is 56.8. The first-order valence-electron chi connectivity index (χ1n) is 10.8. The number of alkyl halides is 3. The van der Waals surface area contributed by atoms with Crippen molar-refractivity contribution in [2.45, 2.75) is 31.9 Å². The van der Waals surface area contributed by atoms with Gasteiger partial charge in [-0.15, -0.1) is 13.2 Å². The van der Waals surface area contributed by atoms with Crippen LogP contribution in [0.1, 0.15) is 41.4 Å². The number of hydrogen-bond acceptors (Lipinski definition) is 6. The van der Waals surface area contributed by atoms with Crippen molar-refractivity contribution in [1.29, 1.82) is 5.26 Å². The molecule has 0 aliphatic heterocycles. The average Bonchev–Trinajstić information content (AvgIpc) is 3.25. The van der Waals surface area contributed by atoms with Gasteiger partial charge in [0.05, 0.1) is 35.2 Å². The van der Waals surface area contributed by atoms with Gasteiger partial charge in [-0.05, 0) is 43.7 Å². The third-order valence-corrected chi connectivity index (χ3v) is 5.43. The molecule has 4 rings (SSSR count). The molecule has 0 saturated heterocycles. The first-order chi connectivity index (χ1) is 17.4. The molecule has 0 fully saturated rings. The lowest BCUT2D eigenvalue weighted by molar-refractivity contribution is -0.275. The van der Waals surface area contributed by atoms with E-state index < -0.39 is 35.5 Å². The van der Waals surface area contributed by atoms with Crippen molar-refractivity contribution < 1.29 is 32.2 Å². The smallest absolute Gasteiger partial charge is 0.403 e. The van der Waals surface area contributed by atoms with E-state index in [1.165, 1.54) is 24.6 Å². The second-order valence-electron chi connectivity index (χ2n) is 8.59. The van der Waals surface area contributed by atoms with E-state index >= 15 is 0 Å². The highest BCUT2D eigenvalue weighted by Crippen LogP contribution is 2.32. The van der Waals surface area contributed by atoms with Crippen molar-refractivity contribution >= 4 is 11.6 Å². The maximum atomic E-state index is 14.3. The SMILES string of the molecule is CC(C)(O)[C@@H](NC(=O)c1cnn2ccc(-c3ccccc3C#N)nc12)c1ccc(OC(F)(F)F)c(F)c1. The molecular weight excluding hydrogens is 494 g/mol. The second-order valence-corrected chi connectivity index (χ2v) is 8.59. The zero-order valence-electron chi connectivity index (χ0n) is 19.4. The lowest BCUT2D eigenvalue weighted by atomic mass is 9.91. The Labute approximate surface area is 207 Å². The Hall–Kier alpha value is -4.50. The van der Waals surface area contributed by atoms with E-state index in [9.17, 15) is 32.7 Å². The molecule has 0 aliphatic rings. The number of benzene rings is 2. The molecule has 0 saturated carbocycles. The molecule has 37 heavy (non-hydrogen) atoms. The molecule has 12 heteroatoms. The molecule has 2 N–H and O–H groups in total. The molecule has 190 valence electrons. The van der Waals surface area contributed by atoms with E-state index in [0.717, 1.165) is 18.2 Å². The first-order valence-corrected chi connectivity index (χ1v) is 10.8. The number of nitrogens with one attached hydrogen (secondary N) is 1. The van der Waals surface area contributed by atoms with Crippen LogP contribution in [0.15, 0.2) is 60.9 Å². The minimum absolute atomic E-state index is 0.000874. The van der Waals surface area contributed by atoms with Gasteiger partial charge in [0, 0.05) is 11.8 Å². The van der Waals surface area contributed by atoms with Crippen molar-refractivity contribution in [2.24, 2.45) is 0 Å². The van der Waals surface area contributed by atoms with E-state index in [0.29, 0.717) is 16.8 Å². The number of rotatable bonds is 6. The lowest BCUT2D eigenvalue weighted by Crippen LogP contribution is -2.42. The Bertz CT molecular complexity index is 1520. The van der Waals surface area contributed by atoms with E-state index in [2.05, 4.69) is 26.2 Å². The fraction of sp³-hybridized carbons (Fsp3) is 0.200. The molecule has 0 aliphatic carbocycles. The molecule has 0 unspecified atom stereocenters. The number of aliphatic hydroxyl groups is 1. The van der Waals surface area contributed by atoms with Gasteiger partial charge >= 0.3 is 6.36 Å². The second kappa shape index (κ2) is 9.51. The first kappa shape index (κ1) is 25.6. The summed E-state index contributed by atoms with van der Waals surface area (Å²) in [7, 11) is 0. The van der Waals surface area contributed by atoms with Crippen molar-refractivity contribution in [3.63, 3.8) is 0 Å². The van der Waals surface area contributed by atoms with Gasteiger partial charge in [0.1, 0.15) is 5.56 Å². The van der Waals surface area contributed by atoms with Crippen LogP contribution >= 0.6 is 0 Å². The van der Waals surface area contributed by atoms with Crippen molar-refractivity contribution in [3.8, 4) is 23.1 Å². The largest absolute Gasteiger partial charge is 0.573 e. The maximum Gasteiger partial charge on any atom is 0.573 e. The molecule has 0 spiro atoms. The minimum Gasteiger partial charge on any atom is -0.403 e. The Kier molecular flexibility index (Phi) is 6.58. The van der Waals surface area contributed by atoms with Crippen LogP contribution < -0.4 is 10.1 Å². The van der Waals surface area contributed by atoms with Crippen LogP contribution in [-0.2, 0) is 0 Å². The highest BCUT2D eigenvalue weighted by atomic mass is 19.4. The Morgan fingerprint density at radius 2 is 1.92 bits per heavy atom. The Morgan fingerprint density at radius 3 is 2.57 bits per heavy atom. The fourth-order valence-corrected chi connectivity index (χ4v) is 3.76. The van der Waals surface area contributed by atoms with Crippen LogP contribution in [0.25, 0.3) is 16.9 Å². The Balaban J connectivity index is 1.68. The average molecular weight is 513 g/mol. The highest BCUT2D eigenvalue weighted by Gasteiger charge is 2.34. The molecular formula is C25H19F4N5O3. The van der Waals surface area contributed by atoms with Gasteiger partial charge in [0.15, 0.2) is 17.2 Å². The number of fused-ring (bicyclic) bond motifs is 1. The summed E-state index contributed by atoms with van der Waals surface area (Å²) in [5, 5.41) is 26.8. The summed E-state index contributed by atoms with van der Waals surface area (Å²) in [6, 6.07) is 11.9. The number of amides is 1. The molecule has 2 heterocycles. The van der Waals surface area contributed by atoms with E-state index in [1.54, 1.807) is 36.5 Å². The molecule has 0 radical (unpaired) electrons. The van der Waals surface area contributed by atoms with Crippen LogP contribution in [0.3, 0.4) is 0 Å². The van der Waals surface area contributed by atoms with E-state index in [4.69, 9.17) is 0 Å². The fourth-order valence-electron chi connectivity index (χ4n) is 3.76. The number of carbonyl (C=O) groups excluding carboxylic acids is 1. The van der Waals surface area contributed by atoms with Gasteiger partial charge in [-0.1, -0.05) is 24.3 Å². The number of aromatic nitrogens is 3. The number of halogens is 4. The van der Waals surface area contributed by atoms with Gasteiger partial charge in [-0.25, -0.2) is 13.9 Å². The third-order valence-electron chi connectivity index (χ3n) is 5.43. The zero-order chi connectivity index (χ0) is 27.0. The number of nitriles is 1. The van der Waals surface area contributed by atoms with Crippen LogP contribution in [0.5, 0.6) is 5.75 Å². The van der Waals surface area contributed by atoms with Gasteiger partial charge in [0.25, 0.3) is 5.91 Å². The van der Waals surface area contributed by atoms with Crippen molar-refractivity contribution in [2.75, 3.05) is 0 Å². The van der Waals surface area contributed by atoms with Gasteiger partial charge in [-0.3, -0.25) is 4.79 Å². The standard InChI is InChI=1S/C25H19F4N5O3/c1-24(2,36)21(14-7-8-20(18(26)11-14)37-25(27,28)29)33-23(35)17-13-31-34-10-9-19(32-22(17)34)16-6-4-3-5-15(16)12-30/h3-11,13,21,36H,1-2H3,(H,33,35)/t21-/m0/s1. The monoisotopic (exact) mass is 513 g/mol. The van der Waals surface area contributed by atoms with Crippen LogP contribution in [0.4, 0.5) is 17.6 Å². The topological polar surface area (TPSA) is 113 Å². The van der Waals surface area contributed by atoms with Crippen LogP contribution in [0.2, 0.25) is 0 Å². The summed E-state index contributed by atoms with van der Waals surface area (Å²) in [6.07, 6.45) is -2.28. The highest BCUT2D eigenvalue weighted by molar-refractivity contribution is 6.00. The summed E-state index contributed by atoms with van der Waals surface area (Å²) >= 11 is 0. The molecule has 1 amide bonds. The maximum absolute atomic E-state index is 14.3. The molecule has 2 aromatic carbocycles. The van der Waals surface area contributed by atoms with E-state index in [-0.39, 0.29) is 16.8 Å². The van der Waals surface area contributed by atoms with Gasteiger partial charge < -0.3 is 15.2 Å². The van der Waals surface area contributed by atoms with Crippen molar-refractivity contribution in [3.05, 3.63) is 83.4 Å². The molecule has 8 nitrogen and oxygen atoms in total. The summed E-state index contributed by atoms with van der Waals surface area (Å²) in [5.74, 6) is -3.10. The van der Waals surface area contributed by atoms with Gasteiger partial charge in [0.2, 0.25) is 0 Å². The number of nitrogens with zero attached hydrogens (tertiary/aromatic N) is 4. The predicted octanol–water partition coefficient (Wildman–Crippen LogP) is 4.55. The van der Waals surface area contributed by atoms with Crippen LogP contribution in [-0.4, -0.2) is 37.6 Å². The quantitative estimate of drug-likeness (QED) is 0.366. The molecule has 4 aromatic rings. The van der Waals surface area contributed by atoms with Gasteiger partial charge in [-0.2, -0.15) is 10.4 Å². The number of ether oxygens (including phenoxy) is 1. The van der Waals surface area contributed by atoms with Crippen LogP contribution in [0, 0.1) is 17.1 Å². The predicted molar refractivity (Wildman–Crippen MR) is 123 cm³/mol. The minimum atomic E-state index is -5.09. The lowest BCUT2D eigenvalue weighted by Gasteiger charge is -2.30. The van der Waals surface area contributed by atoms with Crippen molar-refractivity contribution in [1.82, 2.24) is 19.9 Å². The third kappa shape index (κ3) is 5.52. The molecule has 0 bridgehead atoms. The number of carbonyl (C=O) groups is 1. The Morgan fingerprint density at radius 1 is 1.19 bits per heavy atom. The molecule has 2 aromatic heterocycles. The zero-order valence-corrected chi connectivity index (χ0v) is 19.4. The van der Waals surface area contributed by atoms with E-state index in [1.807, 2.05) is 0 Å². The molecule has 1 atom stereocenters. The normalized spacial score (nSPS) is 12.7. The summed E-state index contributed by atoms with van der Waals surface area (Å²) in [4.78, 5) is 17.7. The summed E-state index contributed by atoms with van der Waals surface area (Å²) in [6.45, 7) is 2.70. The number of hydrogen-bond donors (Lipinski definition) is 2.